The first-order chi connectivity index (χ1) is 13.1. The van der Waals surface area contributed by atoms with E-state index in [2.05, 4.69) is 46.2 Å². The van der Waals surface area contributed by atoms with Crippen molar-refractivity contribution in [2.24, 2.45) is 0 Å². The van der Waals surface area contributed by atoms with Crippen LogP contribution in [0.3, 0.4) is 0 Å². The van der Waals surface area contributed by atoms with Crippen LogP contribution in [0.5, 0.6) is 5.88 Å². The van der Waals surface area contributed by atoms with Crippen molar-refractivity contribution in [2.75, 3.05) is 13.1 Å². The van der Waals surface area contributed by atoms with Gasteiger partial charge in [0.1, 0.15) is 0 Å². The topological polar surface area (TPSA) is 73.9 Å². The molecule has 27 heavy (non-hydrogen) atoms. The average Bonchev–Trinajstić information content (AvgIpc) is 3.23. The number of aryl methyl sites for hydroxylation is 2. The molecule has 2 N–H and O–H groups in total. The molecule has 6 nitrogen and oxygen atoms in total. The average molecular weight is 387 g/mol. The predicted octanol–water partition coefficient (Wildman–Crippen LogP) is 3.17. The normalized spacial score (nSPS) is 17.6. The van der Waals surface area contributed by atoms with E-state index in [-0.39, 0.29) is 18.0 Å². The maximum Gasteiger partial charge on any atom is 0.230 e. The van der Waals surface area contributed by atoms with Crippen molar-refractivity contribution >= 4 is 16.3 Å². The monoisotopic (exact) mass is 386 g/mol. The first-order valence-electron chi connectivity index (χ1n) is 9.69. The van der Waals surface area contributed by atoms with Gasteiger partial charge in [0.25, 0.3) is 0 Å². The van der Waals surface area contributed by atoms with E-state index in [1.165, 1.54) is 16.9 Å². The highest BCUT2D eigenvalue weighted by molar-refractivity contribution is 7.17. The van der Waals surface area contributed by atoms with Gasteiger partial charge in [0.05, 0.1) is 17.0 Å². The van der Waals surface area contributed by atoms with Crippen molar-refractivity contribution in [3.63, 3.8) is 0 Å². The molecule has 144 valence electrons. The molecular weight excluding hydrogens is 360 g/mol. The maximum absolute atomic E-state index is 10.9. The molecular formula is C20H26N4O2S. The minimum atomic E-state index is -0.229. The van der Waals surface area contributed by atoms with E-state index in [9.17, 15) is 10.2 Å². The van der Waals surface area contributed by atoms with Gasteiger partial charge in [-0.25, -0.2) is 4.98 Å². The summed E-state index contributed by atoms with van der Waals surface area (Å²) in [6, 6.07) is 8.57. The largest absolute Gasteiger partial charge is 0.492 e. The van der Waals surface area contributed by atoms with Crippen molar-refractivity contribution in [2.45, 2.75) is 51.7 Å². The number of thiazole rings is 1. The Hall–Kier alpha value is -1.96. The number of aliphatic hydroxyl groups is 1. The first-order valence-corrected chi connectivity index (χ1v) is 10.5. The lowest BCUT2D eigenvalue weighted by Gasteiger charge is -2.36. The zero-order valence-corrected chi connectivity index (χ0v) is 16.6. The number of piperidine rings is 1. The summed E-state index contributed by atoms with van der Waals surface area (Å²) >= 11 is 1.50. The van der Waals surface area contributed by atoms with Crippen molar-refractivity contribution in [3.05, 3.63) is 46.1 Å². The van der Waals surface area contributed by atoms with E-state index in [1.807, 2.05) is 6.92 Å². The summed E-state index contributed by atoms with van der Waals surface area (Å²) in [6.07, 6.45) is 3.03. The number of aromatic nitrogens is 3. The Bertz CT molecular complexity index is 910. The van der Waals surface area contributed by atoms with Crippen LogP contribution in [0.4, 0.5) is 0 Å². The predicted molar refractivity (Wildman–Crippen MR) is 106 cm³/mol. The smallest absolute Gasteiger partial charge is 0.230 e. The number of nitrogens with zero attached hydrogens (tertiary/aromatic N) is 4. The summed E-state index contributed by atoms with van der Waals surface area (Å²) in [6.45, 7) is 5.76. The van der Waals surface area contributed by atoms with Gasteiger partial charge in [-0.3, -0.25) is 4.90 Å². The second kappa shape index (κ2) is 7.58. The third kappa shape index (κ3) is 3.47. The molecule has 0 amide bonds. The molecule has 1 aliphatic heterocycles. The van der Waals surface area contributed by atoms with Crippen molar-refractivity contribution in [1.82, 2.24) is 19.5 Å². The van der Waals surface area contributed by atoms with Gasteiger partial charge >= 0.3 is 0 Å². The lowest BCUT2D eigenvalue weighted by Crippen LogP contribution is -2.38. The molecule has 1 aliphatic rings. The Morgan fingerprint density at radius 3 is 2.44 bits per heavy atom. The molecule has 1 fully saturated rings. The van der Waals surface area contributed by atoms with Gasteiger partial charge in [0.2, 0.25) is 10.8 Å². The summed E-state index contributed by atoms with van der Waals surface area (Å²) in [4.78, 5) is 8.47. The van der Waals surface area contributed by atoms with Crippen molar-refractivity contribution in [1.29, 1.82) is 0 Å². The van der Waals surface area contributed by atoms with Gasteiger partial charge in [-0.2, -0.15) is 4.52 Å². The molecule has 0 saturated carbocycles. The molecule has 0 spiro atoms. The van der Waals surface area contributed by atoms with E-state index in [4.69, 9.17) is 0 Å². The van der Waals surface area contributed by atoms with Crippen molar-refractivity contribution in [3.8, 4) is 5.88 Å². The zero-order valence-electron chi connectivity index (χ0n) is 15.8. The van der Waals surface area contributed by atoms with Gasteiger partial charge in [-0.1, -0.05) is 49.4 Å². The Kier molecular flexibility index (Phi) is 5.16. The molecule has 0 bridgehead atoms. The SMILES string of the molecule is CCc1ccc([C@H](c2sc3nc(CC)nn3c2O)N2CCC(O)CC2)cc1. The fourth-order valence-electron chi connectivity index (χ4n) is 3.73. The second-order valence-corrected chi connectivity index (χ2v) is 8.14. The molecule has 1 atom stereocenters. The summed E-state index contributed by atoms with van der Waals surface area (Å²) in [5.74, 6) is 0.922. The van der Waals surface area contributed by atoms with Crippen LogP contribution in [-0.4, -0.2) is 48.9 Å². The van der Waals surface area contributed by atoms with Gasteiger partial charge in [0, 0.05) is 19.5 Å². The van der Waals surface area contributed by atoms with E-state index < -0.39 is 0 Å². The molecule has 0 aliphatic carbocycles. The van der Waals surface area contributed by atoms with E-state index in [0.29, 0.717) is 0 Å². The summed E-state index contributed by atoms with van der Waals surface area (Å²) in [7, 11) is 0. The molecule has 2 aromatic heterocycles. The minimum absolute atomic E-state index is 0.0537. The zero-order chi connectivity index (χ0) is 19.0. The molecule has 0 radical (unpaired) electrons. The highest BCUT2D eigenvalue weighted by Gasteiger charge is 2.31. The number of hydrogen-bond acceptors (Lipinski definition) is 6. The molecule has 1 saturated heterocycles. The Balaban J connectivity index is 1.77. The minimum Gasteiger partial charge on any atom is -0.492 e. The highest BCUT2D eigenvalue weighted by atomic mass is 32.1. The number of fused-ring (bicyclic) bond motifs is 1. The number of benzene rings is 1. The molecule has 3 aromatic rings. The van der Waals surface area contributed by atoms with Crippen LogP contribution in [0.2, 0.25) is 0 Å². The van der Waals surface area contributed by atoms with Gasteiger partial charge in [0.15, 0.2) is 5.82 Å². The van der Waals surface area contributed by atoms with Crippen LogP contribution >= 0.6 is 11.3 Å². The third-order valence-corrected chi connectivity index (χ3v) is 6.45. The fraction of sp³-hybridized carbons (Fsp3) is 0.500. The van der Waals surface area contributed by atoms with Crippen LogP contribution in [0.25, 0.3) is 4.96 Å². The van der Waals surface area contributed by atoms with E-state index >= 15 is 0 Å². The lowest BCUT2D eigenvalue weighted by molar-refractivity contribution is 0.0689. The van der Waals surface area contributed by atoms with Crippen LogP contribution in [0, 0.1) is 0 Å². The maximum atomic E-state index is 10.9. The van der Waals surface area contributed by atoms with Crippen molar-refractivity contribution < 1.29 is 10.2 Å². The van der Waals surface area contributed by atoms with Gasteiger partial charge in [-0.05, 0) is 30.4 Å². The lowest BCUT2D eigenvalue weighted by atomic mass is 9.98. The Morgan fingerprint density at radius 2 is 1.85 bits per heavy atom. The second-order valence-electron chi connectivity index (χ2n) is 7.13. The number of hydrogen-bond donors (Lipinski definition) is 2. The van der Waals surface area contributed by atoms with Crippen LogP contribution in [-0.2, 0) is 12.8 Å². The fourth-order valence-corrected chi connectivity index (χ4v) is 4.86. The van der Waals surface area contributed by atoms with Crippen LogP contribution < -0.4 is 0 Å². The Labute approximate surface area is 163 Å². The third-order valence-electron chi connectivity index (χ3n) is 5.38. The molecule has 7 heteroatoms. The highest BCUT2D eigenvalue weighted by Crippen LogP contribution is 2.40. The molecule has 1 aromatic carbocycles. The molecule has 0 unspecified atom stereocenters. The van der Waals surface area contributed by atoms with E-state index in [0.717, 1.165) is 60.0 Å². The first kappa shape index (κ1) is 18.4. The summed E-state index contributed by atoms with van der Waals surface area (Å²) in [5.41, 5.74) is 2.45. The summed E-state index contributed by atoms with van der Waals surface area (Å²) in [5, 5.41) is 25.2. The van der Waals surface area contributed by atoms with Gasteiger partial charge < -0.3 is 10.2 Å². The van der Waals surface area contributed by atoms with E-state index in [1.54, 1.807) is 4.52 Å². The number of rotatable bonds is 5. The number of aromatic hydroxyl groups is 1. The van der Waals surface area contributed by atoms with Crippen LogP contribution in [0.15, 0.2) is 24.3 Å². The standard InChI is InChI=1S/C20H26N4O2S/c1-3-13-5-7-14(8-6-13)17(23-11-9-15(25)10-12-23)18-19(26)24-20(27-18)21-16(4-2)22-24/h5-8,15,17,25-26H,3-4,9-12H2,1-2H3/t17-/m1/s1. The molecule has 4 rings (SSSR count). The number of likely N-dealkylation sites (tertiary alicyclic amines) is 1. The Morgan fingerprint density at radius 1 is 1.15 bits per heavy atom. The summed E-state index contributed by atoms with van der Waals surface area (Å²) < 4.78 is 1.56. The van der Waals surface area contributed by atoms with Gasteiger partial charge in [-0.15, -0.1) is 5.10 Å². The quantitative estimate of drug-likeness (QED) is 0.705. The number of aliphatic hydroxyl groups excluding tert-OH is 1. The van der Waals surface area contributed by atoms with Crippen LogP contribution in [0.1, 0.15) is 54.6 Å². The molecule has 3 heterocycles.